The normalized spacial score (nSPS) is 16.1. The van der Waals surface area contributed by atoms with Crippen molar-refractivity contribution in [2.24, 2.45) is 4.99 Å². The molecule has 108 valence electrons. The van der Waals surface area contributed by atoms with Gasteiger partial charge in [-0.1, -0.05) is 0 Å². The molecular formula is C10H19F3IN3O. The summed E-state index contributed by atoms with van der Waals surface area (Å²) in [5.41, 5.74) is 0. The van der Waals surface area contributed by atoms with Gasteiger partial charge in [-0.25, -0.2) is 0 Å². The van der Waals surface area contributed by atoms with Crippen molar-refractivity contribution in [3.8, 4) is 0 Å². The molecule has 0 unspecified atom stereocenters. The molecule has 0 spiro atoms. The van der Waals surface area contributed by atoms with Crippen molar-refractivity contribution in [2.45, 2.75) is 31.5 Å². The van der Waals surface area contributed by atoms with Gasteiger partial charge in [-0.2, -0.15) is 13.2 Å². The first-order chi connectivity index (χ1) is 8.01. The SMILES string of the molecule is CN=C(NCCCOCC(F)(F)F)NC1CC1.I. The van der Waals surface area contributed by atoms with E-state index in [4.69, 9.17) is 0 Å². The lowest BCUT2D eigenvalue weighted by atomic mass is 10.4. The molecule has 1 aliphatic carbocycles. The van der Waals surface area contributed by atoms with Crippen LogP contribution in [0.5, 0.6) is 0 Å². The Hall–Kier alpha value is -0.250. The van der Waals surface area contributed by atoms with Crippen LogP contribution in [0.15, 0.2) is 4.99 Å². The third-order valence-corrected chi connectivity index (χ3v) is 2.17. The maximum atomic E-state index is 11.7. The van der Waals surface area contributed by atoms with Crippen LogP contribution in [0.25, 0.3) is 0 Å². The van der Waals surface area contributed by atoms with Crippen LogP contribution in [0.4, 0.5) is 13.2 Å². The first-order valence-electron chi connectivity index (χ1n) is 5.63. The minimum absolute atomic E-state index is 0. The number of guanidine groups is 1. The lowest BCUT2D eigenvalue weighted by Crippen LogP contribution is -2.39. The first-order valence-corrected chi connectivity index (χ1v) is 5.63. The van der Waals surface area contributed by atoms with Gasteiger partial charge in [0, 0.05) is 26.2 Å². The summed E-state index contributed by atoms with van der Waals surface area (Å²) in [6.45, 7) is -0.542. The largest absolute Gasteiger partial charge is 0.411 e. The smallest absolute Gasteiger partial charge is 0.372 e. The zero-order chi connectivity index (χ0) is 12.7. The highest BCUT2D eigenvalue weighted by Crippen LogP contribution is 2.18. The number of halogens is 4. The van der Waals surface area contributed by atoms with Gasteiger partial charge in [0.2, 0.25) is 0 Å². The zero-order valence-electron chi connectivity index (χ0n) is 10.2. The van der Waals surface area contributed by atoms with Crippen molar-refractivity contribution >= 4 is 29.9 Å². The van der Waals surface area contributed by atoms with Crippen molar-refractivity contribution in [1.82, 2.24) is 10.6 Å². The third kappa shape index (κ3) is 9.75. The first kappa shape index (κ1) is 17.8. The molecule has 0 aromatic rings. The summed E-state index contributed by atoms with van der Waals surface area (Å²) in [5.74, 6) is 0.698. The van der Waals surface area contributed by atoms with E-state index < -0.39 is 12.8 Å². The minimum Gasteiger partial charge on any atom is -0.372 e. The number of hydrogen-bond acceptors (Lipinski definition) is 2. The molecule has 0 bridgehead atoms. The fourth-order valence-electron chi connectivity index (χ4n) is 1.18. The summed E-state index contributed by atoms with van der Waals surface area (Å²) in [6.07, 6.45) is -1.43. The van der Waals surface area contributed by atoms with Crippen molar-refractivity contribution in [2.75, 3.05) is 26.8 Å². The molecule has 0 heterocycles. The van der Waals surface area contributed by atoms with Crippen LogP contribution in [-0.4, -0.2) is 45.0 Å². The third-order valence-electron chi connectivity index (χ3n) is 2.17. The number of ether oxygens (including phenoxy) is 1. The van der Waals surface area contributed by atoms with Gasteiger partial charge in [-0.05, 0) is 19.3 Å². The molecule has 1 aliphatic rings. The molecule has 0 saturated heterocycles. The number of hydrogen-bond donors (Lipinski definition) is 2. The number of rotatable bonds is 6. The van der Waals surface area contributed by atoms with Crippen LogP contribution in [0.3, 0.4) is 0 Å². The monoisotopic (exact) mass is 381 g/mol. The second kappa shape index (κ2) is 8.78. The van der Waals surface area contributed by atoms with Crippen LogP contribution in [0, 0.1) is 0 Å². The summed E-state index contributed by atoms with van der Waals surface area (Å²) >= 11 is 0. The highest BCUT2D eigenvalue weighted by molar-refractivity contribution is 14.0. The fraction of sp³-hybridized carbons (Fsp3) is 0.900. The van der Waals surface area contributed by atoms with Crippen molar-refractivity contribution < 1.29 is 17.9 Å². The molecule has 8 heteroatoms. The minimum atomic E-state index is -4.24. The Morgan fingerprint density at radius 2 is 2.06 bits per heavy atom. The van der Waals surface area contributed by atoms with Crippen LogP contribution in [-0.2, 0) is 4.74 Å². The standard InChI is InChI=1S/C10H18F3N3O.HI/c1-14-9(16-8-3-4-8)15-5-2-6-17-7-10(11,12)13;/h8H,2-7H2,1H3,(H2,14,15,16);1H. The van der Waals surface area contributed by atoms with Crippen LogP contribution in [0.1, 0.15) is 19.3 Å². The lowest BCUT2D eigenvalue weighted by Gasteiger charge is -2.11. The molecule has 18 heavy (non-hydrogen) atoms. The molecule has 0 atom stereocenters. The Balaban J connectivity index is 0.00000289. The summed E-state index contributed by atoms with van der Waals surface area (Å²) in [5, 5.41) is 6.19. The van der Waals surface area contributed by atoms with E-state index in [1.807, 2.05) is 0 Å². The van der Waals surface area contributed by atoms with Crippen LogP contribution < -0.4 is 10.6 Å². The Morgan fingerprint density at radius 1 is 1.39 bits per heavy atom. The second-order valence-electron chi connectivity index (χ2n) is 3.94. The molecule has 1 saturated carbocycles. The molecule has 0 aromatic heterocycles. The van der Waals surface area contributed by atoms with E-state index in [0.717, 1.165) is 12.8 Å². The molecule has 2 N–H and O–H groups in total. The zero-order valence-corrected chi connectivity index (χ0v) is 12.5. The molecule has 0 aromatic carbocycles. The van der Waals surface area contributed by atoms with E-state index in [0.29, 0.717) is 25.0 Å². The van der Waals surface area contributed by atoms with E-state index in [1.54, 1.807) is 7.05 Å². The maximum absolute atomic E-state index is 11.7. The molecule has 1 rings (SSSR count). The van der Waals surface area contributed by atoms with E-state index in [9.17, 15) is 13.2 Å². The molecule has 1 fully saturated rings. The van der Waals surface area contributed by atoms with Gasteiger partial charge >= 0.3 is 6.18 Å². The number of nitrogens with zero attached hydrogens (tertiary/aromatic N) is 1. The Bertz CT molecular complexity index is 257. The fourth-order valence-corrected chi connectivity index (χ4v) is 1.18. The highest BCUT2D eigenvalue weighted by atomic mass is 127. The van der Waals surface area contributed by atoms with E-state index in [1.165, 1.54) is 0 Å². The molecule has 0 radical (unpaired) electrons. The number of nitrogens with one attached hydrogen (secondary N) is 2. The number of alkyl halides is 3. The van der Waals surface area contributed by atoms with Gasteiger partial charge in [-0.15, -0.1) is 24.0 Å². The molecule has 4 nitrogen and oxygen atoms in total. The predicted octanol–water partition coefficient (Wildman–Crippen LogP) is 1.90. The quantitative estimate of drug-likeness (QED) is 0.320. The molecule has 0 aliphatic heterocycles. The van der Waals surface area contributed by atoms with Gasteiger partial charge in [0.05, 0.1) is 0 Å². The van der Waals surface area contributed by atoms with Gasteiger partial charge in [0.25, 0.3) is 0 Å². The van der Waals surface area contributed by atoms with E-state index >= 15 is 0 Å². The van der Waals surface area contributed by atoms with Crippen LogP contribution >= 0.6 is 24.0 Å². The van der Waals surface area contributed by atoms with Crippen LogP contribution in [0.2, 0.25) is 0 Å². The highest BCUT2D eigenvalue weighted by Gasteiger charge is 2.27. The summed E-state index contributed by atoms with van der Waals surface area (Å²) in [7, 11) is 1.66. The Morgan fingerprint density at radius 3 is 2.56 bits per heavy atom. The Labute approximate surface area is 122 Å². The van der Waals surface area contributed by atoms with Crippen molar-refractivity contribution in [1.29, 1.82) is 0 Å². The summed E-state index contributed by atoms with van der Waals surface area (Å²) in [4.78, 5) is 4.00. The summed E-state index contributed by atoms with van der Waals surface area (Å²) < 4.78 is 39.7. The van der Waals surface area contributed by atoms with Crippen molar-refractivity contribution in [3.63, 3.8) is 0 Å². The van der Waals surface area contributed by atoms with Gasteiger partial charge in [-0.3, -0.25) is 4.99 Å². The average molecular weight is 381 g/mol. The van der Waals surface area contributed by atoms with E-state index in [2.05, 4.69) is 20.4 Å². The predicted molar refractivity (Wildman–Crippen MR) is 74.4 cm³/mol. The second-order valence-corrected chi connectivity index (χ2v) is 3.94. The van der Waals surface area contributed by atoms with E-state index in [-0.39, 0.29) is 30.6 Å². The van der Waals surface area contributed by atoms with Gasteiger partial charge < -0.3 is 15.4 Å². The average Bonchev–Trinajstić information content (AvgIpc) is 3.03. The number of aliphatic imine (C=N–C) groups is 1. The Kier molecular flexibility index (Phi) is 8.66. The topological polar surface area (TPSA) is 45.7 Å². The van der Waals surface area contributed by atoms with Crippen molar-refractivity contribution in [3.05, 3.63) is 0 Å². The van der Waals surface area contributed by atoms with Gasteiger partial charge in [0.15, 0.2) is 5.96 Å². The van der Waals surface area contributed by atoms with Gasteiger partial charge in [0.1, 0.15) is 6.61 Å². The summed E-state index contributed by atoms with van der Waals surface area (Å²) in [6, 6.07) is 0.502. The molecular weight excluding hydrogens is 362 g/mol. The maximum Gasteiger partial charge on any atom is 0.411 e. The lowest BCUT2D eigenvalue weighted by molar-refractivity contribution is -0.173. The molecule has 0 amide bonds.